The highest BCUT2D eigenvalue weighted by Crippen LogP contribution is 2.58. The molecule has 0 saturated heterocycles. The van der Waals surface area contributed by atoms with E-state index in [1.165, 1.54) is 37.3 Å². The summed E-state index contributed by atoms with van der Waals surface area (Å²) in [5.41, 5.74) is 11.9. The Hall–Kier alpha value is -2.87. The fraction of sp³-hybridized carbons (Fsp3) is 0.435. The van der Waals surface area contributed by atoms with Gasteiger partial charge in [-0.05, 0) is 37.8 Å². The van der Waals surface area contributed by atoms with Crippen LogP contribution in [0.2, 0.25) is 5.02 Å². The Balaban J connectivity index is 1.86. The number of primary amides is 1. The van der Waals surface area contributed by atoms with Crippen LogP contribution in [0, 0.1) is 11.2 Å². The number of benzene rings is 1. The summed E-state index contributed by atoms with van der Waals surface area (Å²) in [6.45, 7) is 2.55. The van der Waals surface area contributed by atoms with Crippen molar-refractivity contribution < 1.29 is 14.0 Å². The van der Waals surface area contributed by atoms with Crippen LogP contribution in [-0.2, 0) is 10.2 Å². The van der Waals surface area contributed by atoms with Crippen molar-refractivity contribution >= 4 is 34.9 Å². The van der Waals surface area contributed by atoms with Crippen molar-refractivity contribution in [3.63, 3.8) is 0 Å². The van der Waals surface area contributed by atoms with E-state index in [1.54, 1.807) is 0 Å². The van der Waals surface area contributed by atoms with Gasteiger partial charge >= 0.3 is 0 Å². The molecule has 1 aliphatic heterocycles. The van der Waals surface area contributed by atoms with Gasteiger partial charge in [-0.25, -0.2) is 9.37 Å². The number of carbonyl (C=O) groups is 2. The van der Waals surface area contributed by atoms with Crippen molar-refractivity contribution in [1.82, 2.24) is 9.88 Å². The van der Waals surface area contributed by atoms with E-state index < -0.39 is 22.6 Å². The third-order valence-electron chi connectivity index (χ3n) is 7.18. The quantitative estimate of drug-likeness (QED) is 0.605. The fourth-order valence-electron chi connectivity index (χ4n) is 5.23. The molecule has 2 aliphatic rings. The molecule has 1 spiro atoms. The molecule has 7 nitrogen and oxygen atoms in total. The lowest BCUT2D eigenvalue weighted by molar-refractivity contribution is -0.127. The summed E-state index contributed by atoms with van der Waals surface area (Å²) in [5.74, 6) is -0.938. The van der Waals surface area contributed by atoms with Gasteiger partial charge in [0.25, 0.3) is 5.91 Å². The molecule has 1 aromatic heterocycles. The minimum Gasteiger partial charge on any atom is -0.398 e. The summed E-state index contributed by atoms with van der Waals surface area (Å²) in [6.07, 6.45) is 4.10. The maximum atomic E-state index is 15.5. The Kier molecular flexibility index (Phi) is 5.32. The van der Waals surface area contributed by atoms with Crippen LogP contribution < -0.4 is 16.8 Å². The number of hydrogen-bond donors (Lipinski definition) is 3. The lowest BCUT2D eigenvalue weighted by atomic mass is 9.74. The van der Waals surface area contributed by atoms with Gasteiger partial charge in [-0.15, -0.1) is 0 Å². The van der Waals surface area contributed by atoms with E-state index in [4.69, 9.17) is 23.1 Å². The third kappa shape index (κ3) is 3.11. The van der Waals surface area contributed by atoms with Gasteiger partial charge in [0.2, 0.25) is 5.91 Å². The van der Waals surface area contributed by atoms with Crippen molar-refractivity contribution in [3.05, 3.63) is 40.3 Å². The number of nitrogens with two attached hydrogens (primary N) is 2. The van der Waals surface area contributed by atoms with Crippen molar-refractivity contribution in [2.75, 3.05) is 31.7 Å². The second-order valence-corrected chi connectivity index (χ2v) is 9.49. The highest BCUT2D eigenvalue weighted by molar-refractivity contribution is 6.34. The van der Waals surface area contributed by atoms with Crippen LogP contribution in [0.25, 0.3) is 11.1 Å². The zero-order valence-corrected chi connectivity index (χ0v) is 19.1. The van der Waals surface area contributed by atoms with Crippen molar-refractivity contribution in [1.29, 1.82) is 0 Å². The molecular weight excluding hydrogens is 433 g/mol. The second kappa shape index (κ2) is 7.62. The Morgan fingerprint density at radius 1 is 1.28 bits per heavy atom. The van der Waals surface area contributed by atoms with Gasteiger partial charge in [0.1, 0.15) is 11.6 Å². The van der Waals surface area contributed by atoms with E-state index >= 15 is 4.39 Å². The molecule has 2 amide bonds. The van der Waals surface area contributed by atoms with Crippen LogP contribution in [0.15, 0.2) is 18.3 Å². The SMILES string of the molecule is CCC1(C(N)=O)CCC2(CNc3ncc(-c4ccc(N)c(C(=O)N(C)C)c4F)c(Cl)c32)C1. The molecular formula is C23H27ClFN5O2. The topological polar surface area (TPSA) is 114 Å². The lowest BCUT2D eigenvalue weighted by Crippen LogP contribution is -2.37. The average Bonchev–Trinajstić information content (AvgIpc) is 3.31. The van der Waals surface area contributed by atoms with Crippen LogP contribution in [0.3, 0.4) is 0 Å². The molecule has 9 heteroatoms. The minimum atomic E-state index is -0.737. The van der Waals surface area contributed by atoms with Gasteiger partial charge in [-0.3, -0.25) is 9.59 Å². The molecule has 1 aliphatic carbocycles. The molecule has 2 aromatic rings. The van der Waals surface area contributed by atoms with Gasteiger partial charge in [0.15, 0.2) is 0 Å². The number of nitrogens with zero attached hydrogens (tertiary/aromatic N) is 2. The summed E-state index contributed by atoms with van der Waals surface area (Å²) >= 11 is 6.89. The molecule has 2 unspecified atom stereocenters. The predicted molar refractivity (Wildman–Crippen MR) is 123 cm³/mol. The number of amides is 2. The number of nitrogens with one attached hydrogen (secondary N) is 1. The number of carbonyl (C=O) groups excluding carboxylic acids is 2. The van der Waals surface area contributed by atoms with Crippen molar-refractivity contribution in [3.8, 4) is 11.1 Å². The predicted octanol–water partition coefficient (Wildman–Crippen LogP) is 3.55. The molecule has 2 heterocycles. The van der Waals surface area contributed by atoms with Crippen LogP contribution in [0.1, 0.15) is 48.5 Å². The molecule has 32 heavy (non-hydrogen) atoms. The molecule has 1 aromatic carbocycles. The average molecular weight is 460 g/mol. The number of fused-ring (bicyclic) bond motifs is 2. The molecule has 1 fully saturated rings. The van der Waals surface area contributed by atoms with Crippen molar-refractivity contribution in [2.24, 2.45) is 11.1 Å². The van der Waals surface area contributed by atoms with Gasteiger partial charge < -0.3 is 21.7 Å². The maximum Gasteiger partial charge on any atom is 0.258 e. The smallest absolute Gasteiger partial charge is 0.258 e. The molecule has 0 radical (unpaired) electrons. The number of rotatable bonds is 4. The second-order valence-electron chi connectivity index (χ2n) is 9.11. The molecule has 2 atom stereocenters. The van der Waals surface area contributed by atoms with E-state index in [1.807, 2.05) is 6.92 Å². The minimum absolute atomic E-state index is 0.0540. The monoisotopic (exact) mass is 459 g/mol. The van der Waals surface area contributed by atoms with Gasteiger partial charge in [0.05, 0.1) is 10.6 Å². The normalized spacial score (nSPS) is 23.8. The zero-order chi connectivity index (χ0) is 23.4. The molecule has 5 N–H and O–H groups in total. The summed E-state index contributed by atoms with van der Waals surface area (Å²) in [4.78, 5) is 30.6. The standard InChI is InChI=1S/C23H27ClFN5O2/c1-4-22(21(27)32)7-8-23(10-22)11-29-19-16(23)17(24)13(9-28-19)12-5-6-14(26)15(18(12)25)20(31)30(2)3/h5-6,9H,4,7-8,10-11,26H2,1-3H3,(H2,27,32)(H,28,29). The molecule has 4 rings (SSSR count). The Morgan fingerprint density at radius 3 is 2.59 bits per heavy atom. The Bertz CT molecular complexity index is 1140. The van der Waals surface area contributed by atoms with E-state index in [0.717, 1.165) is 12.0 Å². The zero-order valence-electron chi connectivity index (χ0n) is 18.4. The Morgan fingerprint density at radius 2 is 2.00 bits per heavy atom. The Labute approximate surface area is 191 Å². The van der Waals surface area contributed by atoms with Crippen LogP contribution >= 0.6 is 11.6 Å². The first-order chi connectivity index (χ1) is 15.1. The van der Waals surface area contributed by atoms with Crippen LogP contribution in [-0.4, -0.2) is 42.3 Å². The first-order valence-electron chi connectivity index (χ1n) is 10.6. The van der Waals surface area contributed by atoms with Gasteiger partial charge in [-0.2, -0.15) is 0 Å². The number of pyridine rings is 1. The van der Waals surface area contributed by atoms with E-state index in [9.17, 15) is 9.59 Å². The van der Waals surface area contributed by atoms with Gasteiger partial charge in [0, 0.05) is 60.0 Å². The lowest BCUT2D eigenvalue weighted by Gasteiger charge is -2.29. The van der Waals surface area contributed by atoms with Crippen LogP contribution in [0.5, 0.6) is 0 Å². The number of hydrogen-bond acceptors (Lipinski definition) is 5. The van der Waals surface area contributed by atoms with E-state index in [0.29, 0.717) is 42.2 Å². The fourth-order valence-corrected chi connectivity index (χ4v) is 5.67. The van der Waals surface area contributed by atoms with Crippen molar-refractivity contribution in [2.45, 2.75) is 38.0 Å². The highest BCUT2D eigenvalue weighted by atomic mass is 35.5. The number of nitrogen functional groups attached to an aromatic ring is 1. The highest BCUT2D eigenvalue weighted by Gasteiger charge is 2.55. The number of anilines is 2. The largest absolute Gasteiger partial charge is 0.398 e. The van der Waals surface area contributed by atoms with Crippen LogP contribution in [0.4, 0.5) is 15.9 Å². The molecule has 0 bridgehead atoms. The first-order valence-corrected chi connectivity index (χ1v) is 11.0. The number of halogens is 2. The third-order valence-corrected chi connectivity index (χ3v) is 7.58. The number of aromatic nitrogens is 1. The first kappa shape index (κ1) is 22.3. The maximum absolute atomic E-state index is 15.5. The summed E-state index contributed by atoms with van der Waals surface area (Å²) in [5, 5.41) is 3.66. The van der Waals surface area contributed by atoms with E-state index in [2.05, 4.69) is 10.3 Å². The van der Waals surface area contributed by atoms with E-state index in [-0.39, 0.29) is 22.7 Å². The van der Waals surface area contributed by atoms with Gasteiger partial charge in [-0.1, -0.05) is 18.5 Å². The summed E-state index contributed by atoms with van der Waals surface area (Å²) in [7, 11) is 3.07. The summed E-state index contributed by atoms with van der Waals surface area (Å²) in [6, 6.07) is 3.01. The summed E-state index contributed by atoms with van der Waals surface area (Å²) < 4.78 is 15.5. The molecule has 1 saturated carbocycles. The molecule has 170 valence electrons.